The molecule has 2 bridgehead atoms. The number of primary amides is 1. The minimum Gasteiger partial charge on any atom is -0.368 e. The van der Waals surface area contributed by atoms with E-state index >= 15 is 0 Å². The number of benzene rings is 1. The van der Waals surface area contributed by atoms with Crippen molar-refractivity contribution in [2.75, 3.05) is 26.2 Å². The van der Waals surface area contributed by atoms with Gasteiger partial charge in [0, 0.05) is 28.8 Å². The van der Waals surface area contributed by atoms with Crippen molar-refractivity contribution in [3.63, 3.8) is 0 Å². The van der Waals surface area contributed by atoms with Crippen LogP contribution in [0, 0.1) is 37.5 Å². The van der Waals surface area contributed by atoms with E-state index in [0.29, 0.717) is 24.3 Å². The van der Waals surface area contributed by atoms with E-state index in [0.717, 1.165) is 56.7 Å². The molecule has 2 saturated heterocycles. The van der Waals surface area contributed by atoms with E-state index in [-0.39, 0.29) is 23.5 Å². The molecule has 6 rings (SSSR count). The molecule has 9 heteroatoms. The van der Waals surface area contributed by atoms with Gasteiger partial charge in [-0.15, -0.1) is 11.3 Å². The van der Waals surface area contributed by atoms with Crippen LogP contribution >= 0.6 is 11.3 Å². The predicted octanol–water partition coefficient (Wildman–Crippen LogP) is 5.63. The number of amides is 2. The largest absolute Gasteiger partial charge is 0.368 e. The maximum Gasteiger partial charge on any atom is 0.240 e. The van der Waals surface area contributed by atoms with E-state index in [1.807, 2.05) is 13.8 Å². The fourth-order valence-electron chi connectivity index (χ4n) is 8.90. The van der Waals surface area contributed by atoms with Crippen LogP contribution in [-0.2, 0) is 26.2 Å². The molecule has 3 aromatic rings. The number of H-pyrrole nitrogens is 1. The van der Waals surface area contributed by atoms with E-state index in [1.54, 1.807) is 18.3 Å². The van der Waals surface area contributed by atoms with Gasteiger partial charge >= 0.3 is 0 Å². The molecule has 2 aliphatic heterocycles. The molecule has 0 spiro atoms. The van der Waals surface area contributed by atoms with Gasteiger partial charge in [0.2, 0.25) is 11.8 Å². The summed E-state index contributed by atoms with van der Waals surface area (Å²) in [6.45, 7) is 15.9. The number of hydrogen-bond donors (Lipinski definition) is 4. The summed E-state index contributed by atoms with van der Waals surface area (Å²) in [4.78, 5) is 47.1. The number of thiophene rings is 1. The molecule has 2 amide bonds. The molecule has 5 atom stereocenters. The highest BCUT2D eigenvalue weighted by molar-refractivity contribution is 7.19. The lowest BCUT2D eigenvalue weighted by Crippen LogP contribution is -2.49. The number of aromatic amines is 1. The monoisotopic (exact) mass is 659 g/mol. The number of carbonyl (C=O) groups excluding carboxylic acids is 3. The SMILES string of the molecule is CC(=O)C(C)(c1cc2c(CCN3CCC(C(=O)NC(CC(C)C)C(N)=O)CC3)c(-c3cc(C)cc(C)c3)[nH]c2s1)C1C2CCC1NC2. The normalized spacial score (nSPS) is 23.8. The lowest BCUT2D eigenvalue weighted by molar-refractivity contribution is -0.131. The van der Waals surface area contributed by atoms with Crippen molar-refractivity contribution in [2.24, 2.45) is 29.4 Å². The van der Waals surface area contributed by atoms with Crippen LogP contribution in [0.2, 0.25) is 0 Å². The van der Waals surface area contributed by atoms with Crippen molar-refractivity contribution < 1.29 is 14.4 Å². The number of ketones is 1. The Morgan fingerprint density at radius 1 is 1.06 bits per heavy atom. The third kappa shape index (κ3) is 6.68. The summed E-state index contributed by atoms with van der Waals surface area (Å²) >= 11 is 1.77. The van der Waals surface area contributed by atoms with Crippen LogP contribution in [0.25, 0.3) is 21.5 Å². The number of nitrogens with two attached hydrogens (primary N) is 1. The van der Waals surface area contributed by atoms with Crippen LogP contribution in [0.3, 0.4) is 0 Å². The molecule has 0 radical (unpaired) electrons. The lowest BCUT2D eigenvalue weighted by atomic mass is 9.68. The van der Waals surface area contributed by atoms with Gasteiger partial charge in [-0.25, -0.2) is 0 Å². The van der Waals surface area contributed by atoms with Gasteiger partial charge in [0.25, 0.3) is 0 Å². The molecule has 4 heterocycles. The number of hydrogen-bond acceptors (Lipinski definition) is 6. The standard InChI is InChI=1S/C38H53N5O3S/c1-21(2)15-31(35(39)45)41-36(46)25-9-12-43(13-10-25)14-11-28-29-19-32(38(6,24(5)44)33-26-7-8-30(33)40-20-26)47-37(29)42-34(28)27-17-22(3)16-23(4)18-27/h16-19,21,25-26,30-31,33,40,42H,7-15,20H2,1-6H3,(H2,39,45)(H,41,46). The summed E-state index contributed by atoms with van der Waals surface area (Å²) in [5, 5.41) is 7.87. The molecule has 3 fully saturated rings. The Morgan fingerprint density at radius 2 is 1.77 bits per heavy atom. The lowest BCUT2D eigenvalue weighted by Gasteiger charge is -2.35. The number of piperidine rings is 2. The zero-order valence-electron chi connectivity index (χ0n) is 29.0. The number of nitrogens with one attached hydrogen (secondary N) is 3. The fraction of sp³-hybridized carbons (Fsp3) is 0.605. The van der Waals surface area contributed by atoms with Gasteiger partial charge in [0.15, 0.2) is 0 Å². The Morgan fingerprint density at radius 3 is 2.32 bits per heavy atom. The molecule has 1 aromatic carbocycles. The topological polar surface area (TPSA) is 120 Å². The van der Waals surface area contributed by atoms with Crippen molar-refractivity contribution in [2.45, 2.75) is 97.6 Å². The number of fused-ring (bicyclic) bond motifs is 3. The van der Waals surface area contributed by atoms with Gasteiger partial charge in [0.05, 0.1) is 11.1 Å². The maximum atomic E-state index is 13.5. The molecule has 3 aliphatic rings. The van der Waals surface area contributed by atoms with Gasteiger partial charge in [-0.05, 0) is 133 Å². The zero-order valence-corrected chi connectivity index (χ0v) is 29.8. The Kier molecular flexibility index (Phi) is 9.71. The van der Waals surface area contributed by atoms with Gasteiger partial charge in [-0.1, -0.05) is 31.0 Å². The first kappa shape index (κ1) is 33.9. The number of nitrogens with zero attached hydrogens (tertiary/aromatic N) is 1. The molecule has 47 heavy (non-hydrogen) atoms. The number of aromatic nitrogens is 1. The summed E-state index contributed by atoms with van der Waals surface area (Å²) < 4.78 is 0. The van der Waals surface area contributed by atoms with Gasteiger partial charge in [0.1, 0.15) is 16.7 Å². The van der Waals surface area contributed by atoms with Crippen molar-refractivity contribution in [1.82, 2.24) is 20.5 Å². The first-order valence-electron chi connectivity index (χ1n) is 17.6. The Bertz CT molecular complexity index is 1610. The maximum absolute atomic E-state index is 13.5. The second-order valence-corrected chi connectivity index (χ2v) is 16.4. The Balaban J connectivity index is 1.23. The molecular formula is C38H53N5O3S. The average Bonchev–Trinajstić information content (AvgIpc) is 3.80. The van der Waals surface area contributed by atoms with Gasteiger partial charge in [-0.2, -0.15) is 0 Å². The van der Waals surface area contributed by atoms with E-state index in [1.165, 1.54) is 44.6 Å². The van der Waals surface area contributed by atoms with E-state index in [2.05, 4.69) is 65.6 Å². The molecule has 1 aliphatic carbocycles. The summed E-state index contributed by atoms with van der Waals surface area (Å²) in [6, 6.07) is 8.87. The van der Waals surface area contributed by atoms with Crippen molar-refractivity contribution in [3.8, 4) is 11.3 Å². The molecule has 2 aromatic heterocycles. The summed E-state index contributed by atoms with van der Waals surface area (Å²) in [5.74, 6) is 0.816. The van der Waals surface area contributed by atoms with E-state index < -0.39 is 17.4 Å². The quantitative estimate of drug-likeness (QED) is 0.201. The molecule has 5 N–H and O–H groups in total. The molecule has 1 saturated carbocycles. The highest BCUT2D eigenvalue weighted by Gasteiger charge is 2.54. The van der Waals surface area contributed by atoms with E-state index in [9.17, 15) is 14.4 Å². The van der Waals surface area contributed by atoms with Crippen LogP contribution < -0.4 is 16.4 Å². The number of Topliss-reactive ketones (excluding diaryl/α,β-unsaturated/α-hetero) is 1. The summed E-state index contributed by atoms with van der Waals surface area (Å²) in [6.07, 6.45) is 5.33. The van der Waals surface area contributed by atoms with Crippen molar-refractivity contribution in [1.29, 1.82) is 0 Å². The predicted molar refractivity (Wildman–Crippen MR) is 191 cm³/mol. The molecule has 5 unspecified atom stereocenters. The second kappa shape index (κ2) is 13.5. The van der Waals surface area contributed by atoms with Crippen LogP contribution in [0.1, 0.15) is 81.4 Å². The minimum absolute atomic E-state index is 0.0521. The van der Waals surface area contributed by atoms with Crippen LogP contribution in [0.15, 0.2) is 24.3 Å². The van der Waals surface area contributed by atoms with Crippen LogP contribution in [0.4, 0.5) is 0 Å². The molecule has 8 nitrogen and oxygen atoms in total. The molecular weight excluding hydrogens is 607 g/mol. The third-order valence-corrected chi connectivity index (χ3v) is 12.7. The van der Waals surface area contributed by atoms with Crippen LogP contribution in [-0.4, -0.2) is 65.7 Å². The fourth-order valence-corrected chi connectivity index (χ4v) is 10.2. The summed E-state index contributed by atoms with van der Waals surface area (Å²) in [5.41, 5.74) is 11.3. The van der Waals surface area contributed by atoms with Gasteiger partial charge < -0.3 is 26.3 Å². The first-order valence-corrected chi connectivity index (χ1v) is 18.5. The smallest absolute Gasteiger partial charge is 0.240 e. The third-order valence-electron chi connectivity index (χ3n) is 11.5. The van der Waals surface area contributed by atoms with Crippen LogP contribution in [0.5, 0.6) is 0 Å². The number of likely N-dealkylation sites (tertiary alicyclic amines) is 1. The second-order valence-electron chi connectivity index (χ2n) is 15.3. The summed E-state index contributed by atoms with van der Waals surface area (Å²) in [7, 11) is 0. The average molecular weight is 660 g/mol. The Labute approximate surface area is 283 Å². The highest BCUT2D eigenvalue weighted by Crippen LogP contribution is 2.52. The molecule has 254 valence electrons. The first-order chi connectivity index (χ1) is 22.3. The Hall–Kier alpha value is -3.01. The number of rotatable bonds is 12. The van der Waals surface area contributed by atoms with E-state index in [4.69, 9.17) is 5.73 Å². The van der Waals surface area contributed by atoms with Crippen molar-refractivity contribution in [3.05, 3.63) is 45.8 Å². The minimum atomic E-state index is -0.610. The van der Waals surface area contributed by atoms with Crippen molar-refractivity contribution >= 4 is 39.2 Å². The highest BCUT2D eigenvalue weighted by atomic mass is 32.1. The zero-order chi connectivity index (χ0) is 33.6. The number of carbonyl (C=O) groups is 3. The van der Waals surface area contributed by atoms with Gasteiger partial charge in [-0.3, -0.25) is 14.4 Å². The number of aryl methyl sites for hydroxylation is 2.